The van der Waals surface area contributed by atoms with Crippen LogP contribution in [0.4, 0.5) is 32.0 Å². The monoisotopic (exact) mass is 498 g/mol. The normalized spacial score (nSPS) is 15.2. The Morgan fingerprint density at radius 1 is 1.24 bits per heavy atom. The first-order valence-electron chi connectivity index (χ1n) is 9.62. The van der Waals surface area contributed by atoms with Crippen molar-refractivity contribution < 1.29 is 31.2 Å². The standard InChI is InChI=1S/C19H21F6N5O.H3NS/c1-27-31-17(13-4-6-28-7-5-13)29-8-9-30(12-18(20,21)22)15-3-2-14(11-26)16(10-15)19(23,24)25;1-2/h2-3,10,13,28H,1,4-9,12H2;2H,1H2. The fraction of sp³-hybridized carbons (Fsp3) is 0.526. The number of nitrogens with two attached hydrogens (primary N) is 1. The van der Waals surface area contributed by atoms with Crippen LogP contribution in [-0.2, 0) is 11.0 Å². The summed E-state index contributed by atoms with van der Waals surface area (Å²) in [6, 6.07) is 3.86. The van der Waals surface area contributed by atoms with Crippen molar-refractivity contribution in [2.45, 2.75) is 25.2 Å². The fourth-order valence-electron chi connectivity index (χ4n) is 3.23. The molecule has 1 aliphatic rings. The number of rotatable bonds is 7. The first-order chi connectivity index (χ1) is 15.5. The van der Waals surface area contributed by atoms with Crippen LogP contribution in [0.3, 0.4) is 0 Å². The molecule has 0 saturated carbocycles. The Morgan fingerprint density at radius 3 is 2.39 bits per heavy atom. The third kappa shape index (κ3) is 9.48. The number of hydrogen-bond acceptors (Lipinski definition) is 8. The molecule has 7 nitrogen and oxygen atoms in total. The summed E-state index contributed by atoms with van der Waals surface area (Å²) < 4.78 is 78.8. The molecule has 1 aromatic carbocycles. The van der Waals surface area contributed by atoms with Crippen LogP contribution in [0.1, 0.15) is 24.0 Å². The number of aliphatic imine (C=N–C) groups is 1. The highest BCUT2D eigenvalue weighted by Crippen LogP contribution is 2.35. The smallest absolute Gasteiger partial charge is 0.361 e. The minimum atomic E-state index is -4.88. The first-order valence-corrected chi connectivity index (χ1v) is 10.1. The Kier molecular flexibility index (Phi) is 11.5. The van der Waals surface area contributed by atoms with Crippen molar-refractivity contribution in [3.05, 3.63) is 29.3 Å². The number of anilines is 1. The number of alkyl halides is 6. The molecule has 1 heterocycles. The second kappa shape index (κ2) is 13.3. The lowest BCUT2D eigenvalue weighted by Gasteiger charge is -2.27. The molecule has 184 valence electrons. The lowest BCUT2D eigenvalue weighted by atomic mass is 9.98. The Bertz CT molecular complexity index is 834. The van der Waals surface area contributed by atoms with E-state index in [2.05, 4.69) is 40.1 Å². The van der Waals surface area contributed by atoms with Crippen molar-refractivity contribution in [3.8, 4) is 6.07 Å². The van der Waals surface area contributed by atoms with E-state index in [0.29, 0.717) is 18.9 Å². The fourth-order valence-corrected chi connectivity index (χ4v) is 3.23. The number of hydrogen-bond donors (Lipinski definition) is 3. The molecular weight excluding hydrogens is 474 g/mol. The molecule has 0 spiro atoms. The van der Waals surface area contributed by atoms with Gasteiger partial charge in [-0.25, -0.2) is 0 Å². The third-order valence-corrected chi connectivity index (χ3v) is 4.65. The van der Waals surface area contributed by atoms with Crippen LogP contribution in [0.5, 0.6) is 0 Å². The van der Waals surface area contributed by atoms with Gasteiger partial charge in [-0.2, -0.15) is 31.6 Å². The minimum absolute atomic E-state index is 0.0745. The molecule has 0 aliphatic carbocycles. The van der Waals surface area contributed by atoms with E-state index < -0.39 is 30.0 Å². The number of benzene rings is 1. The Labute approximate surface area is 192 Å². The average molecular weight is 498 g/mol. The largest absolute Gasteiger partial charge is 0.417 e. The molecule has 14 heteroatoms. The molecule has 0 amide bonds. The van der Waals surface area contributed by atoms with Gasteiger partial charge in [0.15, 0.2) is 0 Å². The molecule has 0 aromatic heterocycles. The number of oxime groups is 1. The van der Waals surface area contributed by atoms with Gasteiger partial charge in [0.1, 0.15) is 6.54 Å². The molecule has 3 N–H and O–H groups in total. The van der Waals surface area contributed by atoms with Crippen molar-refractivity contribution in [1.29, 1.82) is 5.26 Å². The second-order valence-corrected chi connectivity index (χ2v) is 6.84. The maximum Gasteiger partial charge on any atom is 0.417 e. The molecule has 0 unspecified atom stereocenters. The highest BCUT2D eigenvalue weighted by Gasteiger charge is 2.36. The van der Waals surface area contributed by atoms with Gasteiger partial charge in [0.05, 0.1) is 23.7 Å². The minimum Gasteiger partial charge on any atom is -0.361 e. The van der Waals surface area contributed by atoms with Gasteiger partial charge >= 0.3 is 12.4 Å². The molecule has 1 aliphatic heterocycles. The van der Waals surface area contributed by atoms with Gasteiger partial charge in [-0.05, 0) is 44.1 Å². The number of nitrogens with zero attached hydrogens (tertiary/aromatic N) is 4. The predicted octanol–water partition coefficient (Wildman–Crippen LogP) is 3.77. The van der Waals surface area contributed by atoms with E-state index >= 15 is 0 Å². The Balaban J connectivity index is 0.00000265. The van der Waals surface area contributed by atoms with Crippen LogP contribution in [0.2, 0.25) is 0 Å². The molecule has 0 bridgehead atoms. The average Bonchev–Trinajstić information content (AvgIpc) is 2.78. The van der Waals surface area contributed by atoms with E-state index in [0.717, 1.165) is 30.1 Å². The van der Waals surface area contributed by atoms with Gasteiger partial charge in [-0.3, -0.25) is 10.1 Å². The molecule has 1 fully saturated rings. The summed E-state index contributed by atoms with van der Waals surface area (Å²) in [5.74, 6) is 0.161. The zero-order chi connectivity index (χ0) is 25.1. The van der Waals surface area contributed by atoms with Crippen LogP contribution >= 0.6 is 12.8 Å². The summed E-state index contributed by atoms with van der Waals surface area (Å²) in [7, 11) is 0. The van der Waals surface area contributed by atoms with Crippen molar-refractivity contribution in [2.24, 2.45) is 21.2 Å². The summed E-state index contributed by atoms with van der Waals surface area (Å²) in [6.45, 7) is 2.70. The van der Waals surface area contributed by atoms with Crippen molar-refractivity contribution in [3.63, 3.8) is 0 Å². The van der Waals surface area contributed by atoms with E-state index in [9.17, 15) is 26.3 Å². The molecule has 33 heavy (non-hydrogen) atoms. The SMILES string of the molecule is C=NOC(=NCCN(CC(F)(F)F)c1ccc(C#N)c(C(F)(F)F)c1)C1CCNCC1.NS. The lowest BCUT2D eigenvalue weighted by Crippen LogP contribution is -2.37. The Hall–Kier alpha value is -2.50. The predicted molar refractivity (Wildman–Crippen MR) is 116 cm³/mol. The van der Waals surface area contributed by atoms with Gasteiger partial charge in [-0.15, -0.1) is 12.8 Å². The second-order valence-electron chi connectivity index (χ2n) is 6.84. The van der Waals surface area contributed by atoms with Crippen LogP contribution in [0.25, 0.3) is 0 Å². The highest BCUT2D eigenvalue weighted by molar-refractivity contribution is 7.77. The summed E-state index contributed by atoms with van der Waals surface area (Å²) in [5, 5.41) is 19.6. The molecule has 1 saturated heterocycles. The zero-order valence-corrected chi connectivity index (χ0v) is 18.4. The number of piperidine rings is 1. The molecule has 0 atom stereocenters. The van der Waals surface area contributed by atoms with Gasteiger partial charge < -0.3 is 15.1 Å². The summed E-state index contributed by atoms with van der Waals surface area (Å²) in [4.78, 5) is 10.00. The van der Waals surface area contributed by atoms with E-state index in [1.165, 1.54) is 6.07 Å². The number of nitriles is 1. The Morgan fingerprint density at radius 2 is 1.88 bits per heavy atom. The van der Waals surface area contributed by atoms with Gasteiger partial charge in [0, 0.05) is 24.9 Å². The van der Waals surface area contributed by atoms with E-state index in [4.69, 9.17) is 10.1 Å². The van der Waals surface area contributed by atoms with Gasteiger partial charge in [0.25, 0.3) is 0 Å². The summed E-state index contributed by atoms with van der Waals surface area (Å²) in [5.41, 5.74) is -2.28. The highest BCUT2D eigenvalue weighted by atomic mass is 32.1. The van der Waals surface area contributed by atoms with Crippen molar-refractivity contribution >= 4 is 31.1 Å². The maximum absolute atomic E-state index is 13.2. The topological polar surface area (TPSA) is 99.0 Å². The van der Waals surface area contributed by atoms with Crippen LogP contribution in [-0.4, -0.2) is 51.5 Å². The van der Waals surface area contributed by atoms with E-state index in [1.54, 1.807) is 0 Å². The molecule has 1 aromatic rings. The number of nitrogens with one attached hydrogen (secondary N) is 1. The quantitative estimate of drug-likeness (QED) is 0.175. The number of thiol groups is 1. The van der Waals surface area contributed by atoms with E-state index in [-0.39, 0.29) is 30.6 Å². The van der Waals surface area contributed by atoms with E-state index in [1.807, 2.05) is 0 Å². The molecule has 2 rings (SSSR count). The van der Waals surface area contributed by atoms with Crippen LogP contribution in [0.15, 0.2) is 28.3 Å². The molecule has 0 radical (unpaired) electrons. The maximum atomic E-state index is 13.2. The van der Waals surface area contributed by atoms with Crippen molar-refractivity contribution in [2.75, 3.05) is 37.6 Å². The van der Waals surface area contributed by atoms with Crippen molar-refractivity contribution in [1.82, 2.24) is 5.32 Å². The number of halogens is 6. The van der Waals surface area contributed by atoms with Crippen LogP contribution < -0.4 is 15.4 Å². The zero-order valence-electron chi connectivity index (χ0n) is 17.5. The lowest BCUT2D eigenvalue weighted by molar-refractivity contribution is -0.137. The van der Waals surface area contributed by atoms with Crippen LogP contribution in [0, 0.1) is 17.2 Å². The summed E-state index contributed by atoms with van der Waals surface area (Å²) in [6.07, 6.45) is -8.14. The van der Waals surface area contributed by atoms with Gasteiger partial charge in [0.2, 0.25) is 5.90 Å². The molecular formula is C19H24F6N6OS. The first kappa shape index (κ1) is 28.5. The van der Waals surface area contributed by atoms with Gasteiger partial charge in [-0.1, -0.05) is 5.16 Å². The third-order valence-electron chi connectivity index (χ3n) is 4.65. The summed E-state index contributed by atoms with van der Waals surface area (Å²) >= 11 is 3.03.